The standard InChI is InChI=1S/C17H16O4/c1-20-17(19)14-8-6-13(7-9-14)4-2-3-5-15-10-11-16(12-18)21-15/h2-11,18H,12H2,1H3/b4-2+,5-3+. The van der Waals surface area contributed by atoms with Crippen LogP contribution in [-0.2, 0) is 11.3 Å². The van der Waals surface area contributed by atoms with Gasteiger partial charge >= 0.3 is 5.97 Å². The highest BCUT2D eigenvalue weighted by Crippen LogP contribution is 2.10. The molecule has 0 bridgehead atoms. The van der Waals surface area contributed by atoms with Crippen LogP contribution in [0, 0.1) is 0 Å². The molecule has 1 aromatic heterocycles. The van der Waals surface area contributed by atoms with Crippen molar-refractivity contribution in [2.45, 2.75) is 6.61 Å². The molecule has 0 aliphatic rings. The first-order valence-corrected chi connectivity index (χ1v) is 6.45. The van der Waals surface area contributed by atoms with Crippen LogP contribution in [0.3, 0.4) is 0 Å². The Morgan fingerprint density at radius 3 is 2.48 bits per heavy atom. The fourth-order valence-electron chi connectivity index (χ4n) is 1.73. The number of methoxy groups -OCH3 is 1. The van der Waals surface area contributed by atoms with Crippen LogP contribution in [0.15, 0.2) is 53.0 Å². The second-order valence-electron chi connectivity index (χ2n) is 4.29. The molecule has 0 aliphatic carbocycles. The second-order valence-corrected chi connectivity index (χ2v) is 4.29. The van der Waals surface area contributed by atoms with Gasteiger partial charge in [-0.3, -0.25) is 0 Å². The zero-order chi connectivity index (χ0) is 15.1. The molecule has 0 saturated heterocycles. The zero-order valence-electron chi connectivity index (χ0n) is 11.7. The molecule has 0 atom stereocenters. The summed E-state index contributed by atoms with van der Waals surface area (Å²) in [7, 11) is 1.36. The molecule has 0 saturated carbocycles. The molecule has 0 amide bonds. The van der Waals surface area contributed by atoms with E-state index < -0.39 is 0 Å². The van der Waals surface area contributed by atoms with Crippen LogP contribution in [-0.4, -0.2) is 18.2 Å². The average molecular weight is 284 g/mol. The predicted molar refractivity (Wildman–Crippen MR) is 80.5 cm³/mol. The summed E-state index contributed by atoms with van der Waals surface area (Å²) in [4.78, 5) is 11.3. The molecule has 1 aromatic carbocycles. The predicted octanol–water partition coefficient (Wildman–Crippen LogP) is 3.29. The maximum atomic E-state index is 11.3. The minimum Gasteiger partial charge on any atom is -0.465 e. The van der Waals surface area contributed by atoms with E-state index in [-0.39, 0.29) is 12.6 Å². The minimum absolute atomic E-state index is 0.101. The summed E-state index contributed by atoms with van der Waals surface area (Å²) in [5.41, 5.74) is 1.50. The Morgan fingerprint density at radius 2 is 1.86 bits per heavy atom. The van der Waals surface area contributed by atoms with Gasteiger partial charge in [-0.2, -0.15) is 0 Å². The van der Waals surface area contributed by atoms with Crippen molar-refractivity contribution in [2.24, 2.45) is 0 Å². The lowest BCUT2D eigenvalue weighted by Gasteiger charge is -1.98. The van der Waals surface area contributed by atoms with E-state index >= 15 is 0 Å². The summed E-state index contributed by atoms with van der Waals surface area (Å²) in [5.74, 6) is 0.879. The fourth-order valence-corrected chi connectivity index (χ4v) is 1.73. The molecule has 108 valence electrons. The van der Waals surface area contributed by atoms with Crippen LogP contribution in [0.25, 0.3) is 12.2 Å². The molecule has 4 nitrogen and oxygen atoms in total. The van der Waals surface area contributed by atoms with E-state index in [1.807, 2.05) is 30.4 Å². The number of rotatable bonds is 5. The number of hydrogen-bond acceptors (Lipinski definition) is 4. The van der Waals surface area contributed by atoms with Crippen molar-refractivity contribution >= 4 is 18.1 Å². The normalized spacial score (nSPS) is 11.3. The van der Waals surface area contributed by atoms with Crippen LogP contribution >= 0.6 is 0 Å². The van der Waals surface area contributed by atoms with Crippen molar-refractivity contribution < 1.29 is 19.1 Å². The van der Waals surface area contributed by atoms with Gasteiger partial charge in [-0.1, -0.05) is 30.4 Å². The van der Waals surface area contributed by atoms with Gasteiger partial charge in [-0.15, -0.1) is 0 Å². The Hall–Kier alpha value is -2.59. The molecule has 0 spiro atoms. The molecular formula is C17H16O4. The van der Waals surface area contributed by atoms with Crippen molar-refractivity contribution in [2.75, 3.05) is 7.11 Å². The summed E-state index contributed by atoms with van der Waals surface area (Å²) in [6.07, 6.45) is 7.43. The largest absolute Gasteiger partial charge is 0.465 e. The van der Waals surface area contributed by atoms with Crippen LogP contribution in [0.1, 0.15) is 27.4 Å². The Labute approximate surface area is 123 Å². The highest BCUT2D eigenvalue weighted by molar-refractivity contribution is 5.89. The topological polar surface area (TPSA) is 59.7 Å². The third-order valence-electron chi connectivity index (χ3n) is 2.83. The van der Waals surface area contributed by atoms with Gasteiger partial charge in [0.1, 0.15) is 18.1 Å². The van der Waals surface area contributed by atoms with E-state index in [0.29, 0.717) is 17.1 Å². The average Bonchev–Trinajstić information content (AvgIpc) is 2.99. The van der Waals surface area contributed by atoms with Crippen molar-refractivity contribution in [3.63, 3.8) is 0 Å². The molecule has 21 heavy (non-hydrogen) atoms. The molecule has 1 N–H and O–H groups in total. The number of hydrogen-bond donors (Lipinski definition) is 1. The Balaban J connectivity index is 1.96. The maximum Gasteiger partial charge on any atom is 0.337 e. The highest BCUT2D eigenvalue weighted by atomic mass is 16.5. The summed E-state index contributed by atoms with van der Waals surface area (Å²) >= 11 is 0. The summed E-state index contributed by atoms with van der Waals surface area (Å²) < 4.78 is 9.96. The van der Waals surface area contributed by atoms with E-state index in [2.05, 4.69) is 4.74 Å². The fraction of sp³-hybridized carbons (Fsp3) is 0.118. The van der Waals surface area contributed by atoms with Crippen molar-refractivity contribution in [1.82, 2.24) is 0 Å². The number of carbonyl (C=O) groups is 1. The first kappa shape index (κ1) is 14.8. The van der Waals surface area contributed by atoms with E-state index in [1.165, 1.54) is 7.11 Å². The molecule has 0 aliphatic heterocycles. The Kier molecular flexibility index (Phi) is 5.12. The maximum absolute atomic E-state index is 11.3. The molecule has 0 radical (unpaired) electrons. The molecule has 0 unspecified atom stereocenters. The van der Waals surface area contributed by atoms with Gasteiger partial charge in [0, 0.05) is 0 Å². The Bertz CT molecular complexity index is 648. The lowest BCUT2D eigenvalue weighted by atomic mass is 10.1. The number of aliphatic hydroxyl groups excluding tert-OH is 1. The Morgan fingerprint density at radius 1 is 1.14 bits per heavy atom. The molecule has 2 rings (SSSR count). The first-order valence-electron chi connectivity index (χ1n) is 6.45. The van der Waals surface area contributed by atoms with E-state index in [0.717, 1.165) is 5.56 Å². The van der Waals surface area contributed by atoms with E-state index in [1.54, 1.807) is 30.3 Å². The van der Waals surface area contributed by atoms with Gasteiger partial charge < -0.3 is 14.3 Å². The molecule has 4 heteroatoms. The monoisotopic (exact) mass is 284 g/mol. The number of allylic oxidation sites excluding steroid dienone is 2. The smallest absolute Gasteiger partial charge is 0.337 e. The van der Waals surface area contributed by atoms with E-state index in [9.17, 15) is 4.79 Å². The number of benzene rings is 1. The SMILES string of the molecule is COC(=O)c1ccc(/C=C/C=C/c2ccc(CO)o2)cc1. The van der Waals surface area contributed by atoms with Crippen LogP contribution in [0.2, 0.25) is 0 Å². The summed E-state index contributed by atoms with van der Waals surface area (Å²) in [5, 5.41) is 8.89. The van der Waals surface area contributed by atoms with Gasteiger partial charge in [-0.25, -0.2) is 4.79 Å². The summed E-state index contributed by atoms with van der Waals surface area (Å²) in [6, 6.07) is 10.6. The van der Waals surface area contributed by atoms with Gasteiger partial charge in [0.2, 0.25) is 0 Å². The van der Waals surface area contributed by atoms with Gasteiger partial charge in [0.15, 0.2) is 0 Å². The van der Waals surface area contributed by atoms with Crippen molar-refractivity contribution in [3.8, 4) is 0 Å². The van der Waals surface area contributed by atoms with Crippen LogP contribution in [0.5, 0.6) is 0 Å². The third-order valence-corrected chi connectivity index (χ3v) is 2.83. The molecule has 0 fully saturated rings. The number of furan rings is 1. The van der Waals surface area contributed by atoms with Crippen molar-refractivity contribution in [3.05, 3.63) is 71.2 Å². The van der Waals surface area contributed by atoms with Crippen LogP contribution in [0.4, 0.5) is 0 Å². The van der Waals surface area contributed by atoms with Crippen LogP contribution < -0.4 is 0 Å². The number of carbonyl (C=O) groups excluding carboxylic acids is 1. The summed E-state index contributed by atoms with van der Waals surface area (Å²) in [6.45, 7) is -0.101. The minimum atomic E-state index is -0.345. The lowest BCUT2D eigenvalue weighted by molar-refractivity contribution is 0.0600. The van der Waals surface area contributed by atoms with Crippen molar-refractivity contribution in [1.29, 1.82) is 0 Å². The first-order chi connectivity index (χ1) is 10.2. The zero-order valence-corrected chi connectivity index (χ0v) is 11.7. The van der Waals surface area contributed by atoms with Gasteiger partial charge in [0.05, 0.1) is 12.7 Å². The number of ether oxygens (including phenoxy) is 1. The molecular weight excluding hydrogens is 268 g/mol. The van der Waals surface area contributed by atoms with E-state index in [4.69, 9.17) is 9.52 Å². The molecule has 1 heterocycles. The number of esters is 1. The van der Waals surface area contributed by atoms with Gasteiger partial charge in [-0.05, 0) is 35.9 Å². The highest BCUT2D eigenvalue weighted by Gasteiger charge is 2.02. The molecule has 2 aromatic rings. The van der Waals surface area contributed by atoms with Gasteiger partial charge in [0.25, 0.3) is 0 Å². The quantitative estimate of drug-likeness (QED) is 0.676. The second kappa shape index (κ2) is 7.26. The number of aliphatic hydroxyl groups is 1. The lowest BCUT2D eigenvalue weighted by Crippen LogP contribution is -2.00. The third kappa shape index (κ3) is 4.19.